The molecule has 2 unspecified atom stereocenters. The summed E-state index contributed by atoms with van der Waals surface area (Å²) in [7, 11) is 0. The zero-order valence-electron chi connectivity index (χ0n) is 16.8. The molecule has 1 N–H and O–H groups in total. The fourth-order valence-corrected chi connectivity index (χ4v) is 6.48. The lowest BCUT2D eigenvalue weighted by Crippen LogP contribution is -2.64. The van der Waals surface area contributed by atoms with Crippen molar-refractivity contribution in [3.63, 3.8) is 0 Å². The number of aromatic nitrogens is 2. The fraction of sp³-hybridized carbons (Fsp3) is 0.522. The van der Waals surface area contributed by atoms with Gasteiger partial charge in [-0.05, 0) is 62.5 Å². The Kier molecular flexibility index (Phi) is 4.26. The summed E-state index contributed by atoms with van der Waals surface area (Å²) in [6, 6.07) is 9.87. The van der Waals surface area contributed by atoms with Crippen LogP contribution in [0.3, 0.4) is 0 Å². The number of nitrogens with zero attached hydrogens (tertiary/aromatic N) is 2. The molecule has 0 aliphatic heterocycles. The number of carbonyl (C=O) groups excluding carboxylic acids is 2. The summed E-state index contributed by atoms with van der Waals surface area (Å²) in [6.45, 7) is 1.81. The lowest BCUT2D eigenvalue weighted by Gasteiger charge is -2.60. The van der Waals surface area contributed by atoms with Crippen molar-refractivity contribution in [3.05, 3.63) is 48.3 Å². The summed E-state index contributed by atoms with van der Waals surface area (Å²) >= 11 is 0. The van der Waals surface area contributed by atoms with E-state index in [9.17, 15) is 9.59 Å². The molecule has 6 rings (SSSR count). The van der Waals surface area contributed by atoms with Crippen molar-refractivity contribution in [1.29, 1.82) is 0 Å². The second-order valence-corrected chi connectivity index (χ2v) is 9.41. The van der Waals surface area contributed by atoms with Crippen molar-refractivity contribution in [2.24, 2.45) is 17.3 Å². The molecular weight excluding hydrogens is 366 g/mol. The predicted molar refractivity (Wildman–Crippen MR) is 107 cm³/mol. The third-order valence-corrected chi connectivity index (χ3v) is 6.96. The molecule has 1 amide bonds. The van der Waals surface area contributed by atoms with Gasteiger partial charge in [-0.25, -0.2) is 4.68 Å². The van der Waals surface area contributed by atoms with E-state index in [1.165, 1.54) is 6.42 Å². The highest BCUT2D eigenvalue weighted by molar-refractivity contribution is 5.79. The second-order valence-electron chi connectivity index (χ2n) is 9.41. The zero-order chi connectivity index (χ0) is 20.1. The van der Waals surface area contributed by atoms with Gasteiger partial charge in [0, 0.05) is 24.2 Å². The highest BCUT2D eigenvalue weighted by atomic mass is 16.5. The van der Waals surface area contributed by atoms with Gasteiger partial charge in [0.15, 0.2) is 0 Å². The van der Waals surface area contributed by atoms with Crippen LogP contribution in [-0.4, -0.2) is 27.2 Å². The van der Waals surface area contributed by atoms with Crippen molar-refractivity contribution in [1.82, 2.24) is 15.1 Å². The SMILES string of the molecule is CC(=O)NC12C[C@H]3C[C@@H](C1)CC(C(=O)OCc1cnn(-c4ccccc4)c1)(C3)C2. The first-order valence-corrected chi connectivity index (χ1v) is 10.5. The topological polar surface area (TPSA) is 73.2 Å². The van der Waals surface area contributed by atoms with Gasteiger partial charge in [-0.3, -0.25) is 9.59 Å². The van der Waals surface area contributed by atoms with E-state index in [4.69, 9.17) is 4.74 Å². The molecular formula is C23H27N3O3. The fourth-order valence-electron chi connectivity index (χ4n) is 6.48. The van der Waals surface area contributed by atoms with E-state index in [-0.39, 0.29) is 24.0 Å². The standard InChI is InChI=1S/C23H27N3O3/c1-16(27)25-23-10-17-7-18(11-23)9-22(8-17,15-23)21(28)29-14-19-12-24-26(13-19)20-5-3-2-4-6-20/h2-6,12-13,17-18H,7-11,14-15H2,1H3,(H,25,27)/t17-,18+,22?,23?. The lowest BCUT2D eigenvalue weighted by molar-refractivity contribution is -0.177. The minimum atomic E-state index is -0.443. The third-order valence-electron chi connectivity index (χ3n) is 6.96. The zero-order valence-corrected chi connectivity index (χ0v) is 16.8. The Morgan fingerprint density at radius 3 is 2.59 bits per heavy atom. The van der Waals surface area contributed by atoms with Crippen LogP contribution in [0.25, 0.3) is 5.69 Å². The molecule has 6 nitrogen and oxygen atoms in total. The van der Waals surface area contributed by atoms with Crippen LogP contribution in [0, 0.1) is 17.3 Å². The van der Waals surface area contributed by atoms with Gasteiger partial charge in [0.05, 0.1) is 17.3 Å². The van der Waals surface area contributed by atoms with Gasteiger partial charge in [-0.15, -0.1) is 0 Å². The first kappa shape index (κ1) is 18.4. The van der Waals surface area contributed by atoms with Crippen molar-refractivity contribution in [2.75, 3.05) is 0 Å². The summed E-state index contributed by atoms with van der Waals surface area (Å²) < 4.78 is 7.60. The number of rotatable bonds is 5. The van der Waals surface area contributed by atoms with Gasteiger partial charge in [0.2, 0.25) is 5.91 Å². The molecule has 4 aliphatic carbocycles. The van der Waals surface area contributed by atoms with Crippen LogP contribution in [0.2, 0.25) is 0 Å². The van der Waals surface area contributed by atoms with Gasteiger partial charge < -0.3 is 10.1 Å². The number of hydrogen-bond acceptors (Lipinski definition) is 4. The van der Waals surface area contributed by atoms with Gasteiger partial charge in [-0.2, -0.15) is 5.10 Å². The Balaban J connectivity index is 1.29. The first-order chi connectivity index (χ1) is 14.0. The summed E-state index contributed by atoms with van der Waals surface area (Å²) in [6.07, 6.45) is 9.35. The number of amides is 1. The number of ether oxygens (including phenoxy) is 1. The normalized spacial score (nSPS) is 32.2. The summed E-state index contributed by atoms with van der Waals surface area (Å²) in [4.78, 5) is 25.0. The smallest absolute Gasteiger partial charge is 0.312 e. The summed E-state index contributed by atoms with van der Waals surface area (Å²) in [5, 5.41) is 7.58. The lowest BCUT2D eigenvalue weighted by atomic mass is 9.47. The molecule has 1 aromatic heterocycles. The largest absolute Gasteiger partial charge is 0.460 e. The summed E-state index contributed by atoms with van der Waals surface area (Å²) in [5.74, 6) is 0.922. The first-order valence-electron chi connectivity index (χ1n) is 10.5. The monoisotopic (exact) mass is 393 g/mol. The molecule has 152 valence electrons. The van der Waals surface area contributed by atoms with Crippen molar-refractivity contribution >= 4 is 11.9 Å². The van der Waals surface area contributed by atoms with Crippen molar-refractivity contribution < 1.29 is 14.3 Å². The number of benzene rings is 1. The molecule has 4 saturated carbocycles. The molecule has 4 atom stereocenters. The molecule has 6 heteroatoms. The van der Waals surface area contributed by atoms with E-state index in [0.29, 0.717) is 18.3 Å². The third kappa shape index (κ3) is 3.34. The van der Waals surface area contributed by atoms with Crippen LogP contribution in [0.1, 0.15) is 51.0 Å². The number of carbonyl (C=O) groups is 2. The molecule has 0 saturated heterocycles. The maximum atomic E-state index is 13.2. The van der Waals surface area contributed by atoms with Gasteiger partial charge in [0.25, 0.3) is 0 Å². The van der Waals surface area contributed by atoms with E-state index in [2.05, 4.69) is 10.4 Å². The quantitative estimate of drug-likeness (QED) is 0.791. The molecule has 1 heterocycles. The van der Waals surface area contributed by atoms with E-state index in [1.807, 2.05) is 36.5 Å². The molecule has 2 aromatic rings. The highest BCUT2D eigenvalue weighted by Gasteiger charge is 2.61. The van der Waals surface area contributed by atoms with Crippen LogP contribution in [0.15, 0.2) is 42.7 Å². The van der Waals surface area contributed by atoms with Crippen molar-refractivity contribution in [3.8, 4) is 5.69 Å². The Labute approximate surface area is 170 Å². The maximum absolute atomic E-state index is 13.2. The number of nitrogens with one attached hydrogen (secondary N) is 1. The van der Waals surface area contributed by atoms with Gasteiger partial charge in [-0.1, -0.05) is 18.2 Å². The molecule has 4 aliphatic rings. The van der Waals surface area contributed by atoms with Crippen LogP contribution in [-0.2, 0) is 20.9 Å². The van der Waals surface area contributed by atoms with Crippen molar-refractivity contribution in [2.45, 2.75) is 57.6 Å². The number of esters is 1. The second kappa shape index (κ2) is 6.71. The van der Waals surface area contributed by atoms with Crippen LogP contribution < -0.4 is 5.32 Å². The van der Waals surface area contributed by atoms with E-state index in [1.54, 1.807) is 17.8 Å². The Morgan fingerprint density at radius 2 is 1.90 bits per heavy atom. The molecule has 4 fully saturated rings. The molecule has 29 heavy (non-hydrogen) atoms. The van der Waals surface area contributed by atoms with E-state index in [0.717, 1.165) is 36.9 Å². The van der Waals surface area contributed by atoms with Crippen LogP contribution in [0.5, 0.6) is 0 Å². The maximum Gasteiger partial charge on any atom is 0.312 e. The Morgan fingerprint density at radius 1 is 1.17 bits per heavy atom. The average molecular weight is 393 g/mol. The Hall–Kier alpha value is -2.63. The summed E-state index contributed by atoms with van der Waals surface area (Å²) in [5.41, 5.74) is 1.20. The number of hydrogen-bond donors (Lipinski definition) is 1. The van der Waals surface area contributed by atoms with Gasteiger partial charge >= 0.3 is 5.97 Å². The molecule has 1 aromatic carbocycles. The predicted octanol–water partition coefficient (Wildman–Crippen LogP) is 3.39. The minimum absolute atomic E-state index is 0.00351. The Bertz CT molecular complexity index is 922. The van der Waals surface area contributed by atoms with Crippen LogP contribution >= 0.6 is 0 Å². The minimum Gasteiger partial charge on any atom is -0.460 e. The van der Waals surface area contributed by atoms with E-state index < -0.39 is 5.41 Å². The molecule has 4 bridgehead atoms. The molecule has 0 radical (unpaired) electrons. The van der Waals surface area contributed by atoms with Crippen LogP contribution in [0.4, 0.5) is 0 Å². The average Bonchev–Trinajstić information content (AvgIpc) is 3.14. The molecule has 0 spiro atoms. The highest BCUT2D eigenvalue weighted by Crippen LogP contribution is 2.62. The number of para-hydroxylation sites is 1. The van der Waals surface area contributed by atoms with E-state index >= 15 is 0 Å². The van der Waals surface area contributed by atoms with Gasteiger partial charge in [0.1, 0.15) is 6.61 Å².